The molecule has 0 bridgehead atoms. The molecule has 1 heterocycles. The van der Waals surface area contributed by atoms with Crippen LogP contribution in [-0.2, 0) is 26.6 Å². The van der Waals surface area contributed by atoms with Crippen molar-refractivity contribution in [3.8, 4) is 5.75 Å². The fourth-order valence-corrected chi connectivity index (χ4v) is 2.68. The van der Waals surface area contributed by atoms with Crippen LogP contribution in [0.4, 0.5) is 0 Å². The molecular formula is C21H26N6O. The Bertz CT molecular complexity index is 873. The number of ether oxygens (including phenoxy) is 1. The van der Waals surface area contributed by atoms with Gasteiger partial charge in [0.2, 0.25) is 0 Å². The molecule has 0 aliphatic carbocycles. The fourth-order valence-electron chi connectivity index (χ4n) is 2.68. The lowest BCUT2D eigenvalue weighted by Crippen LogP contribution is -2.38. The van der Waals surface area contributed by atoms with Gasteiger partial charge in [0, 0.05) is 20.6 Å². The molecule has 0 saturated carbocycles. The second-order valence-electron chi connectivity index (χ2n) is 6.32. The van der Waals surface area contributed by atoms with Gasteiger partial charge in [0.05, 0.1) is 6.54 Å². The Morgan fingerprint density at radius 1 is 1.04 bits per heavy atom. The van der Waals surface area contributed by atoms with Gasteiger partial charge in [-0.2, -0.15) is 5.10 Å². The highest BCUT2D eigenvalue weighted by molar-refractivity contribution is 5.79. The molecule has 2 N–H and O–H groups in total. The smallest absolute Gasteiger partial charge is 0.191 e. The number of hydrogen-bond donors (Lipinski definition) is 2. The van der Waals surface area contributed by atoms with Crippen LogP contribution in [-0.4, -0.2) is 34.3 Å². The monoisotopic (exact) mass is 378 g/mol. The highest BCUT2D eigenvalue weighted by atomic mass is 16.5. The molecule has 0 spiro atoms. The van der Waals surface area contributed by atoms with Crippen molar-refractivity contribution in [1.29, 1.82) is 0 Å². The topological polar surface area (TPSA) is 76.4 Å². The summed E-state index contributed by atoms with van der Waals surface area (Å²) in [6, 6.07) is 18.4. The lowest BCUT2D eigenvalue weighted by Gasteiger charge is -2.12. The van der Waals surface area contributed by atoms with Gasteiger partial charge in [0.1, 0.15) is 24.5 Å². The summed E-state index contributed by atoms with van der Waals surface area (Å²) in [5, 5.41) is 10.6. The largest absolute Gasteiger partial charge is 0.489 e. The minimum absolute atomic E-state index is 0.573. The number of rotatable bonds is 8. The van der Waals surface area contributed by atoms with Gasteiger partial charge in [-0.05, 0) is 29.7 Å². The molecule has 0 aliphatic rings. The third kappa shape index (κ3) is 5.84. The van der Waals surface area contributed by atoms with Crippen molar-refractivity contribution in [1.82, 2.24) is 25.4 Å². The molecule has 0 unspecified atom stereocenters. The zero-order valence-electron chi connectivity index (χ0n) is 16.3. The van der Waals surface area contributed by atoms with Crippen LogP contribution in [0.2, 0.25) is 0 Å². The summed E-state index contributed by atoms with van der Waals surface area (Å²) in [5.41, 5.74) is 2.40. The van der Waals surface area contributed by atoms with Crippen LogP contribution in [0.3, 0.4) is 0 Å². The van der Waals surface area contributed by atoms with Crippen LogP contribution in [0, 0.1) is 0 Å². The van der Waals surface area contributed by atoms with Crippen LogP contribution in [0.15, 0.2) is 65.9 Å². The molecule has 7 nitrogen and oxygen atoms in total. The average Bonchev–Trinajstić information content (AvgIpc) is 3.15. The van der Waals surface area contributed by atoms with Gasteiger partial charge < -0.3 is 15.4 Å². The molecule has 0 aliphatic heterocycles. The predicted molar refractivity (Wildman–Crippen MR) is 110 cm³/mol. The van der Waals surface area contributed by atoms with E-state index >= 15 is 0 Å². The molecule has 3 rings (SSSR count). The van der Waals surface area contributed by atoms with Crippen LogP contribution >= 0.6 is 0 Å². The number of nitrogens with one attached hydrogen (secondary N) is 2. The number of aryl methyl sites for hydroxylation is 1. The SMILES string of the molecule is CN=C(NCCc1ccc(OCc2ccccc2)cc1)NCc1ncnn1C. The Labute approximate surface area is 165 Å². The second-order valence-corrected chi connectivity index (χ2v) is 6.32. The number of hydrogen-bond acceptors (Lipinski definition) is 4. The maximum absolute atomic E-state index is 5.83. The normalized spacial score (nSPS) is 11.3. The van der Waals surface area contributed by atoms with Gasteiger partial charge in [0.25, 0.3) is 0 Å². The maximum Gasteiger partial charge on any atom is 0.191 e. The summed E-state index contributed by atoms with van der Waals surface area (Å²) in [5.74, 6) is 2.47. The predicted octanol–water partition coefficient (Wildman–Crippen LogP) is 2.30. The molecule has 1 aromatic heterocycles. The third-order valence-corrected chi connectivity index (χ3v) is 4.32. The van der Waals surface area contributed by atoms with Gasteiger partial charge in [0.15, 0.2) is 5.96 Å². The van der Waals surface area contributed by atoms with Crippen molar-refractivity contribution in [2.24, 2.45) is 12.0 Å². The van der Waals surface area contributed by atoms with Crippen molar-refractivity contribution in [3.05, 3.63) is 77.9 Å². The standard InChI is InChI=1S/C21H26N6O/c1-22-21(24-14-20-25-16-26-27(20)2)23-13-12-17-8-10-19(11-9-17)28-15-18-6-4-3-5-7-18/h3-11,16H,12-15H2,1-2H3,(H2,22,23,24). The van der Waals surface area contributed by atoms with E-state index in [4.69, 9.17) is 4.74 Å². The lowest BCUT2D eigenvalue weighted by molar-refractivity contribution is 0.306. The van der Waals surface area contributed by atoms with Gasteiger partial charge in [-0.3, -0.25) is 9.67 Å². The quantitative estimate of drug-likeness (QED) is 0.465. The zero-order valence-corrected chi connectivity index (χ0v) is 16.3. The molecule has 0 fully saturated rings. The first-order valence-corrected chi connectivity index (χ1v) is 9.27. The highest BCUT2D eigenvalue weighted by Crippen LogP contribution is 2.14. The molecular weight excluding hydrogens is 352 g/mol. The van der Waals surface area contributed by atoms with Gasteiger partial charge in [-0.25, -0.2) is 4.98 Å². The van der Waals surface area contributed by atoms with E-state index in [-0.39, 0.29) is 0 Å². The summed E-state index contributed by atoms with van der Waals surface area (Å²) >= 11 is 0. The van der Waals surface area contributed by atoms with Crippen molar-refractivity contribution < 1.29 is 4.74 Å². The number of aliphatic imine (C=N–C) groups is 1. The number of aromatic nitrogens is 3. The molecule has 0 amide bonds. The summed E-state index contributed by atoms with van der Waals surface area (Å²) < 4.78 is 7.56. The van der Waals surface area contributed by atoms with Crippen LogP contribution < -0.4 is 15.4 Å². The minimum atomic E-state index is 0.573. The van der Waals surface area contributed by atoms with E-state index in [1.54, 1.807) is 18.1 Å². The number of benzene rings is 2. The molecule has 28 heavy (non-hydrogen) atoms. The van der Waals surface area contributed by atoms with E-state index in [0.29, 0.717) is 13.2 Å². The Hall–Kier alpha value is -3.35. The van der Waals surface area contributed by atoms with E-state index in [9.17, 15) is 0 Å². The van der Waals surface area contributed by atoms with E-state index in [1.165, 1.54) is 5.56 Å². The Kier molecular flexibility index (Phi) is 7.01. The Balaban J connectivity index is 1.39. The molecule has 2 aromatic carbocycles. The van der Waals surface area contributed by atoms with Gasteiger partial charge in [-0.1, -0.05) is 42.5 Å². The number of nitrogens with zero attached hydrogens (tertiary/aromatic N) is 4. The van der Waals surface area contributed by atoms with Crippen molar-refractivity contribution in [3.63, 3.8) is 0 Å². The molecule has 146 valence electrons. The molecule has 3 aromatic rings. The third-order valence-electron chi connectivity index (χ3n) is 4.32. The van der Waals surface area contributed by atoms with Crippen LogP contribution in [0.5, 0.6) is 5.75 Å². The van der Waals surface area contributed by atoms with Crippen molar-refractivity contribution in [2.75, 3.05) is 13.6 Å². The van der Waals surface area contributed by atoms with E-state index in [0.717, 1.165) is 36.1 Å². The molecule has 7 heteroatoms. The summed E-state index contributed by atoms with van der Waals surface area (Å²) in [7, 11) is 3.62. The number of guanidine groups is 1. The average molecular weight is 378 g/mol. The van der Waals surface area contributed by atoms with E-state index in [2.05, 4.69) is 50.0 Å². The zero-order chi connectivity index (χ0) is 19.6. The highest BCUT2D eigenvalue weighted by Gasteiger charge is 2.03. The van der Waals surface area contributed by atoms with E-state index in [1.807, 2.05) is 37.4 Å². The minimum Gasteiger partial charge on any atom is -0.489 e. The summed E-state index contributed by atoms with van der Waals surface area (Å²) in [6.07, 6.45) is 2.43. The van der Waals surface area contributed by atoms with Crippen molar-refractivity contribution >= 4 is 5.96 Å². The molecule has 0 radical (unpaired) electrons. The van der Waals surface area contributed by atoms with E-state index < -0.39 is 0 Å². The Morgan fingerprint density at radius 2 is 1.82 bits per heavy atom. The van der Waals surface area contributed by atoms with Crippen LogP contribution in [0.1, 0.15) is 17.0 Å². The maximum atomic E-state index is 5.83. The second kappa shape index (κ2) is 10.1. The molecule has 0 atom stereocenters. The first kappa shape index (κ1) is 19.4. The van der Waals surface area contributed by atoms with Crippen molar-refractivity contribution in [2.45, 2.75) is 19.6 Å². The summed E-state index contributed by atoms with van der Waals surface area (Å²) in [6.45, 7) is 1.93. The first-order chi connectivity index (χ1) is 13.7. The Morgan fingerprint density at radius 3 is 2.50 bits per heavy atom. The molecule has 0 saturated heterocycles. The summed E-state index contributed by atoms with van der Waals surface area (Å²) in [4.78, 5) is 8.42. The fraction of sp³-hybridized carbons (Fsp3) is 0.286. The van der Waals surface area contributed by atoms with Crippen LogP contribution in [0.25, 0.3) is 0 Å². The lowest BCUT2D eigenvalue weighted by atomic mass is 10.1. The van der Waals surface area contributed by atoms with Gasteiger partial charge in [-0.15, -0.1) is 0 Å². The first-order valence-electron chi connectivity index (χ1n) is 9.27. The van der Waals surface area contributed by atoms with Gasteiger partial charge >= 0.3 is 0 Å².